The van der Waals surface area contributed by atoms with Crippen LogP contribution in [-0.4, -0.2) is 19.1 Å². The SMILES string of the molecule is CC(C)(C)c1ccccc1OCCNC(=O)c1cccc(OCc2ccccc2)c1. The largest absolute Gasteiger partial charge is 0.491 e. The molecule has 4 heteroatoms. The van der Waals surface area contributed by atoms with Crippen LogP contribution < -0.4 is 14.8 Å². The van der Waals surface area contributed by atoms with Gasteiger partial charge in [-0.2, -0.15) is 0 Å². The first kappa shape index (κ1) is 21.4. The van der Waals surface area contributed by atoms with Crippen LogP contribution in [0.15, 0.2) is 78.9 Å². The Hall–Kier alpha value is -3.27. The lowest BCUT2D eigenvalue weighted by atomic mass is 9.86. The van der Waals surface area contributed by atoms with Crippen molar-refractivity contribution < 1.29 is 14.3 Å². The Morgan fingerprint density at radius 1 is 0.867 bits per heavy atom. The van der Waals surface area contributed by atoms with Gasteiger partial charge in [0, 0.05) is 5.56 Å². The van der Waals surface area contributed by atoms with Crippen molar-refractivity contribution in [3.63, 3.8) is 0 Å². The number of ether oxygens (including phenoxy) is 2. The number of hydrogen-bond donors (Lipinski definition) is 1. The zero-order valence-electron chi connectivity index (χ0n) is 17.9. The molecule has 3 aromatic carbocycles. The molecule has 156 valence electrons. The molecule has 1 amide bonds. The summed E-state index contributed by atoms with van der Waals surface area (Å²) in [5.41, 5.74) is 2.80. The summed E-state index contributed by atoms with van der Waals surface area (Å²) in [6.07, 6.45) is 0. The quantitative estimate of drug-likeness (QED) is 0.514. The normalized spacial score (nSPS) is 11.0. The standard InChI is InChI=1S/C26H29NO3/c1-26(2,3)23-14-7-8-15-24(23)29-17-16-27-25(28)21-12-9-13-22(18-21)30-19-20-10-5-4-6-11-20/h4-15,18H,16-17,19H2,1-3H3,(H,27,28). The third-order valence-corrected chi connectivity index (χ3v) is 4.68. The zero-order chi connectivity index (χ0) is 21.4. The highest BCUT2D eigenvalue weighted by atomic mass is 16.5. The van der Waals surface area contributed by atoms with Crippen molar-refractivity contribution in [1.82, 2.24) is 5.32 Å². The van der Waals surface area contributed by atoms with Crippen molar-refractivity contribution in [2.75, 3.05) is 13.2 Å². The summed E-state index contributed by atoms with van der Waals surface area (Å²) in [6.45, 7) is 7.76. The number of carbonyl (C=O) groups excluding carboxylic acids is 1. The maximum atomic E-state index is 12.5. The number of benzene rings is 3. The summed E-state index contributed by atoms with van der Waals surface area (Å²) in [5, 5.41) is 2.91. The molecule has 0 unspecified atom stereocenters. The van der Waals surface area contributed by atoms with Gasteiger partial charge in [0.05, 0.1) is 6.54 Å². The van der Waals surface area contributed by atoms with Gasteiger partial charge in [0.2, 0.25) is 0 Å². The topological polar surface area (TPSA) is 47.6 Å². The van der Waals surface area contributed by atoms with Crippen LogP contribution in [0.1, 0.15) is 42.3 Å². The van der Waals surface area contributed by atoms with Crippen LogP contribution >= 0.6 is 0 Å². The van der Waals surface area contributed by atoms with Gasteiger partial charge < -0.3 is 14.8 Å². The van der Waals surface area contributed by atoms with Crippen molar-refractivity contribution in [3.05, 3.63) is 95.6 Å². The molecule has 4 nitrogen and oxygen atoms in total. The van der Waals surface area contributed by atoms with Crippen LogP contribution in [0.4, 0.5) is 0 Å². The molecular weight excluding hydrogens is 374 g/mol. The first-order valence-corrected chi connectivity index (χ1v) is 10.2. The monoisotopic (exact) mass is 403 g/mol. The highest BCUT2D eigenvalue weighted by Crippen LogP contribution is 2.30. The number of para-hydroxylation sites is 1. The summed E-state index contributed by atoms with van der Waals surface area (Å²) in [6, 6.07) is 25.2. The molecule has 0 aliphatic carbocycles. The molecule has 0 atom stereocenters. The summed E-state index contributed by atoms with van der Waals surface area (Å²) < 4.78 is 11.7. The average molecular weight is 404 g/mol. The highest BCUT2D eigenvalue weighted by molar-refractivity contribution is 5.94. The predicted octanol–water partition coefficient (Wildman–Crippen LogP) is 5.37. The fraction of sp³-hybridized carbons (Fsp3) is 0.269. The Balaban J connectivity index is 1.50. The van der Waals surface area contributed by atoms with E-state index in [-0.39, 0.29) is 11.3 Å². The van der Waals surface area contributed by atoms with Gasteiger partial charge in [-0.3, -0.25) is 4.79 Å². The smallest absolute Gasteiger partial charge is 0.251 e. The summed E-state index contributed by atoms with van der Waals surface area (Å²) in [7, 11) is 0. The molecule has 0 aromatic heterocycles. The molecule has 3 aromatic rings. The minimum atomic E-state index is -0.145. The van der Waals surface area contributed by atoms with E-state index in [1.54, 1.807) is 12.1 Å². The van der Waals surface area contributed by atoms with Gasteiger partial charge in [0.15, 0.2) is 0 Å². The molecule has 0 heterocycles. The molecule has 0 bridgehead atoms. The maximum Gasteiger partial charge on any atom is 0.251 e. The van der Waals surface area contributed by atoms with Crippen molar-refractivity contribution in [3.8, 4) is 11.5 Å². The van der Waals surface area contributed by atoms with Gasteiger partial charge in [-0.1, -0.05) is 75.4 Å². The van der Waals surface area contributed by atoms with Crippen LogP contribution in [0.3, 0.4) is 0 Å². The van der Waals surface area contributed by atoms with E-state index in [1.165, 1.54) is 0 Å². The number of amides is 1. The molecule has 0 fully saturated rings. The molecule has 0 aliphatic rings. The second-order valence-corrected chi connectivity index (χ2v) is 8.15. The molecule has 0 saturated heterocycles. The fourth-order valence-electron chi connectivity index (χ4n) is 3.11. The summed E-state index contributed by atoms with van der Waals surface area (Å²) >= 11 is 0. The van der Waals surface area contributed by atoms with E-state index in [4.69, 9.17) is 9.47 Å². The predicted molar refractivity (Wildman–Crippen MR) is 120 cm³/mol. The average Bonchev–Trinajstić information content (AvgIpc) is 2.75. The number of hydrogen-bond acceptors (Lipinski definition) is 3. The second kappa shape index (κ2) is 9.97. The van der Waals surface area contributed by atoms with Crippen molar-refractivity contribution in [1.29, 1.82) is 0 Å². The molecule has 0 spiro atoms. The van der Waals surface area contributed by atoms with E-state index in [1.807, 2.05) is 60.7 Å². The maximum absolute atomic E-state index is 12.5. The number of nitrogens with one attached hydrogen (secondary N) is 1. The Morgan fingerprint density at radius 2 is 1.60 bits per heavy atom. The summed E-state index contributed by atoms with van der Waals surface area (Å²) in [4.78, 5) is 12.5. The van der Waals surface area contributed by atoms with E-state index in [0.717, 1.165) is 16.9 Å². The fourth-order valence-corrected chi connectivity index (χ4v) is 3.11. The van der Waals surface area contributed by atoms with Gasteiger partial charge in [0.25, 0.3) is 5.91 Å². The Bertz CT molecular complexity index is 961. The van der Waals surface area contributed by atoms with Crippen molar-refractivity contribution >= 4 is 5.91 Å². The van der Waals surface area contributed by atoms with Gasteiger partial charge >= 0.3 is 0 Å². The minimum absolute atomic E-state index is 0.0000304. The lowest BCUT2D eigenvalue weighted by molar-refractivity contribution is 0.0946. The van der Waals surface area contributed by atoms with Crippen LogP contribution in [0.5, 0.6) is 11.5 Å². The minimum Gasteiger partial charge on any atom is -0.491 e. The Morgan fingerprint density at radius 3 is 2.37 bits per heavy atom. The second-order valence-electron chi connectivity index (χ2n) is 8.15. The molecule has 3 rings (SSSR count). The molecular formula is C26H29NO3. The zero-order valence-corrected chi connectivity index (χ0v) is 17.9. The van der Waals surface area contributed by atoms with Gasteiger partial charge in [-0.15, -0.1) is 0 Å². The van der Waals surface area contributed by atoms with E-state index in [0.29, 0.717) is 31.1 Å². The summed E-state index contributed by atoms with van der Waals surface area (Å²) in [5.74, 6) is 1.38. The van der Waals surface area contributed by atoms with Crippen LogP contribution in [0.25, 0.3) is 0 Å². The molecule has 0 aliphatic heterocycles. The van der Waals surface area contributed by atoms with E-state index in [2.05, 4.69) is 32.2 Å². The van der Waals surface area contributed by atoms with Crippen LogP contribution in [-0.2, 0) is 12.0 Å². The van der Waals surface area contributed by atoms with Crippen LogP contribution in [0.2, 0.25) is 0 Å². The van der Waals surface area contributed by atoms with Crippen LogP contribution in [0, 0.1) is 0 Å². The lowest BCUT2D eigenvalue weighted by Gasteiger charge is -2.22. The van der Waals surface area contributed by atoms with Gasteiger partial charge in [-0.05, 0) is 40.8 Å². The van der Waals surface area contributed by atoms with E-state index < -0.39 is 0 Å². The first-order chi connectivity index (χ1) is 14.4. The van der Waals surface area contributed by atoms with Crippen molar-refractivity contribution in [2.24, 2.45) is 0 Å². The third kappa shape index (κ3) is 6.11. The van der Waals surface area contributed by atoms with Crippen molar-refractivity contribution in [2.45, 2.75) is 32.8 Å². The molecule has 1 N–H and O–H groups in total. The molecule has 0 radical (unpaired) electrons. The first-order valence-electron chi connectivity index (χ1n) is 10.2. The third-order valence-electron chi connectivity index (χ3n) is 4.68. The Labute approximate surface area is 178 Å². The lowest BCUT2D eigenvalue weighted by Crippen LogP contribution is -2.28. The number of carbonyl (C=O) groups is 1. The number of rotatable bonds is 8. The van der Waals surface area contributed by atoms with E-state index in [9.17, 15) is 4.79 Å². The van der Waals surface area contributed by atoms with Gasteiger partial charge in [0.1, 0.15) is 24.7 Å². The van der Waals surface area contributed by atoms with Gasteiger partial charge in [-0.25, -0.2) is 0 Å². The molecule has 0 saturated carbocycles. The Kier molecular flexibility index (Phi) is 7.12. The highest BCUT2D eigenvalue weighted by Gasteiger charge is 2.18. The van der Waals surface area contributed by atoms with E-state index >= 15 is 0 Å². The molecule has 30 heavy (non-hydrogen) atoms.